The zero-order valence-corrected chi connectivity index (χ0v) is 12.3. The Balaban J connectivity index is 2.11. The Morgan fingerprint density at radius 1 is 1.17 bits per heavy atom. The normalized spacial score (nSPS) is 17.2. The van der Waals surface area contributed by atoms with Crippen LogP contribution in [0.3, 0.4) is 0 Å². The Morgan fingerprint density at radius 2 is 1.72 bits per heavy atom. The van der Waals surface area contributed by atoms with E-state index in [1.807, 2.05) is 0 Å². The van der Waals surface area contributed by atoms with Gasteiger partial charge in [0, 0.05) is 22.8 Å². The van der Waals surface area contributed by atoms with E-state index in [1.165, 1.54) is 18.4 Å². The summed E-state index contributed by atoms with van der Waals surface area (Å²) in [6, 6.07) is 0.538. The molecule has 0 aromatic carbocycles. The summed E-state index contributed by atoms with van der Waals surface area (Å²) >= 11 is 0. The third-order valence-corrected chi connectivity index (χ3v) is 3.89. The highest BCUT2D eigenvalue weighted by Crippen LogP contribution is 2.46. The lowest BCUT2D eigenvalue weighted by atomic mass is 10.1. The minimum Gasteiger partial charge on any atom is -0.314 e. The van der Waals surface area contributed by atoms with Crippen LogP contribution < -0.4 is 5.32 Å². The number of hydrogen-bond donors (Lipinski definition) is 1. The quantitative estimate of drug-likeness (QED) is 0.869. The topological polar surface area (TPSA) is 37.8 Å². The van der Waals surface area contributed by atoms with Gasteiger partial charge in [-0.3, -0.25) is 0 Å². The second-order valence-electron chi connectivity index (χ2n) is 6.12. The van der Waals surface area contributed by atoms with E-state index in [0.29, 0.717) is 6.04 Å². The van der Waals surface area contributed by atoms with E-state index in [9.17, 15) is 0 Å². The van der Waals surface area contributed by atoms with Crippen LogP contribution in [0.5, 0.6) is 0 Å². The molecule has 18 heavy (non-hydrogen) atoms. The highest BCUT2D eigenvalue weighted by atomic mass is 14.9. The third-order valence-electron chi connectivity index (χ3n) is 3.89. The second-order valence-corrected chi connectivity index (χ2v) is 6.12. The van der Waals surface area contributed by atoms with Crippen molar-refractivity contribution >= 4 is 0 Å². The molecule has 0 aliphatic heterocycles. The van der Waals surface area contributed by atoms with Gasteiger partial charge in [-0.25, -0.2) is 9.97 Å². The van der Waals surface area contributed by atoms with E-state index >= 15 is 0 Å². The van der Waals surface area contributed by atoms with Gasteiger partial charge in [-0.2, -0.15) is 0 Å². The summed E-state index contributed by atoms with van der Waals surface area (Å²) in [5.41, 5.74) is 3.91. The molecular weight excluding hydrogens is 222 g/mol. The van der Waals surface area contributed by atoms with Crippen molar-refractivity contribution in [2.24, 2.45) is 0 Å². The van der Waals surface area contributed by atoms with Crippen molar-refractivity contribution < 1.29 is 0 Å². The highest BCUT2D eigenvalue weighted by Gasteiger charge is 2.42. The molecule has 0 atom stereocenters. The molecular formula is C15H25N3. The Bertz CT molecular complexity index is 410. The Hall–Kier alpha value is -0.960. The van der Waals surface area contributed by atoms with E-state index in [0.717, 1.165) is 30.2 Å². The standard InChI is InChI=1S/C15H25N3/c1-10(2)16-9-6-13-11(3)17-14(18-12(13)4)15(5)7-8-15/h10,16H,6-9H2,1-5H3. The fourth-order valence-electron chi connectivity index (χ4n) is 2.27. The van der Waals surface area contributed by atoms with Crippen LogP contribution in [0.25, 0.3) is 0 Å². The number of hydrogen-bond acceptors (Lipinski definition) is 3. The van der Waals surface area contributed by atoms with Crippen LogP contribution in [0.1, 0.15) is 56.4 Å². The molecule has 1 aromatic rings. The van der Waals surface area contributed by atoms with Crippen molar-refractivity contribution in [2.45, 2.75) is 65.3 Å². The van der Waals surface area contributed by atoms with Crippen molar-refractivity contribution in [3.8, 4) is 0 Å². The van der Waals surface area contributed by atoms with Crippen LogP contribution in [0.4, 0.5) is 0 Å². The summed E-state index contributed by atoms with van der Waals surface area (Å²) in [6.07, 6.45) is 3.49. The van der Waals surface area contributed by atoms with Crippen molar-refractivity contribution in [1.29, 1.82) is 0 Å². The zero-order chi connectivity index (χ0) is 13.3. The number of rotatable bonds is 5. The zero-order valence-electron chi connectivity index (χ0n) is 12.3. The molecule has 1 N–H and O–H groups in total. The van der Waals surface area contributed by atoms with Crippen molar-refractivity contribution in [3.63, 3.8) is 0 Å². The minimum atomic E-state index is 0.268. The molecule has 1 heterocycles. The first-order valence-electron chi connectivity index (χ1n) is 7.00. The van der Waals surface area contributed by atoms with Crippen molar-refractivity contribution in [1.82, 2.24) is 15.3 Å². The van der Waals surface area contributed by atoms with Gasteiger partial charge in [0.2, 0.25) is 0 Å². The molecule has 100 valence electrons. The average molecular weight is 247 g/mol. The van der Waals surface area contributed by atoms with Gasteiger partial charge in [-0.1, -0.05) is 20.8 Å². The number of nitrogens with zero attached hydrogens (tertiary/aromatic N) is 2. The maximum Gasteiger partial charge on any atom is 0.134 e. The fourth-order valence-corrected chi connectivity index (χ4v) is 2.27. The van der Waals surface area contributed by atoms with Gasteiger partial charge < -0.3 is 5.32 Å². The molecule has 0 bridgehead atoms. The molecule has 0 saturated heterocycles. The number of aryl methyl sites for hydroxylation is 2. The number of nitrogens with one attached hydrogen (secondary N) is 1. The monoisotopic (exact) mass is 247 g/mol. The van der Waals surface area contributed by atoms with Crippen molar-refractivity contribution in [2.75, 3.05) is 6.54 Å². The second kappa shape index (κ2) is 4.96. The largest absolute Gasteiger partial charge is 0.314 e. The van der Waals surface area contributed by atoms with Gasteiger partial charge in [0.1, 0.15) is 5.82 Å². The molecule has 3 nitrogen and oxygen atoms in total. The van der Waals surface area contributed by atoms with E-state index in [4.69, 9.17) is 9.97 Å². The van der Waals surface area contributed by atoms with E-state index in [-0.39, 0.29) is 5.41 Å². The lowest BCUT2D eigenvalue weighted by Gasteiger charge is -2.15. The van der Waals surface area contributed by atoms with Crippen molar-refractivity contribution in [3.05, 3.63) is 22.8 Å². The maximum atomic E-state index is 4.73. The smallest absolute Gasteiger partial charge is 0.134 e. The summed E-state index contributed by atoms with van der Waals surface area (Å²) < 4.78 is 0. The molecule has 2 rings (SSSR count). The van der Waals surface area contributed by atoms with Gasteiger partial charge in [0.05, 0.1) is 0 Å². The first kappa shape index (κ1) is 13.5. The summed E-state index contributed by atoms with van der Waals surface area (Å²) in [7, 11) is 0. The molecule has 0 spiro atoms. The molecule has 1 aromatic heterocycles. The van der Waals surface area contributed by atoms with Gasteiger partial charge in [-0.05, 0) is 45.2 Å². The Morgan fingerprint density at radius 3 is 2.17 bits per heavy atom. The van der Waals surface area contributed by atoms with Crippen LogP contribution >= 0.6 is 0 Å². The molecule has 3 heteroatoms. The molecule has 1 aliphatic rings. The van der Waals surface area contributed by atoms with Gasteiger partial charge in [0.25, 0.3) is 0 Å². The SMILES string of the molecule is Cc1nc(C2(C)CC2)nc(C)c1CCNC(C)C. The Labute approximate surface area is 110 Å². The third kappa shape index (κ3) is 2.89. The van der Waals surface area contributed by atoms with Gasteiger partial charge in [0.15, 0.2) is 0 Å². The molecule has 0 amide bonds. The highest BCUT2D eigenvalue weighted by molar-refractivity contribution is 5.28. The minimum absolute atomic E-state index is 0.268. The summed E-state index contributed by atoms with van der Waals surface area (Å²) in [5, 5.41) is 3.45. The number of aromatic nitrogens is 2. The summed E-state index contributed by atoms with van der Waals surface area (Å²) in [5.74, 6) is 1.05. The molecule has 0 radical (unpaired) electrons. The first-order valence-corrected chi connectivity index (χ1v) is 7.00. The molecule has 1 saturated carbocycles. The predicted octanol–water partition coefficient (Wildman–Crippen LogP) is 2.69. The van der Waals surface area contributed by atoms with Gasteiger partial charge in [-0.15, -0.1) is 0 Å². The first-order chi connectivity index (χ1) is 8.42. The summed E-state index contributed by atoms with van der Waals surface area (Å²) in [6.45, 7) is 11.9. The Kier molecular flexibility index (Phi) is 3.71. The van der Waals surface area contributed by atoms with Crippen LogP contribution in [-0.4, -0.2) is 22.6 Å². The van der Waals surface area contributed by atoms with Crippen LogP contribution in [-0.2, 0) is 11.8 Å². The van der Waals surface area contributed by atoms with Crippen LogP contribution in [0.15, 0.2) is 0 Å². The van der Waals surface area contributed by atoms with E-state index < -0.39 is 0 Å². The van der Waals surface area contributed by atoms with Gasteiger partial charge >= 0.3 is 0 Å². The van der Waals surface area contributed by atoms with E-state index in [2.05, 4.69) is 39.9 Å². The van der Waals surface area contributed by atoms with Crippen LogP contribution in [0, 0.1) is 13.8 Å². The summed E-state index contributed by atoms with van der Waals surface area (Å²) in [4.78, 5) is 9.45. The molecule has 0 unspecified atom stereocenters. The van der Waals surface area contributed by atoms with Crippen LogP contribution in [0.2, 0.25) is 0 Å². The lowest BCUT2D eigenvalue weighted by Crippen LogP contribution is -2.25. The maximum absolute atomic E-state index is 4.73. The fraction of sp³-hybridized carbons (Fsp3) is 0.733. The van der Waals surface area contributed by atoms with E-state index in [1.54, 1.807) is 0 Å². The molecule has 1 aliphatic carbocycles. The molecule has 1 fully saturated rings. The predicted molar refractivity (Wildman–Crippen MR) is 74.9 cm³/mol. The lowest BCUT2D eigenvalue weighted by molar-refractivity contribution is 0.586. The average Bonchev–Trinajstić information content (AvgIpc) is 3.01.